The number of fused-ring (bicyclic) bond motifs is 1. The van der Waals surface area contributed by atoms with Crippen LogP contribution in [0.3, 0.4) is 0 Å². The van der Waals surface area contributed by atoms with E-state index in [9.17, 15) is 0 Å². The Balaban J connectivity index is 0.00000192. The minimum absolute atomic E-state index is 0. The molecule has 1 fully saturated rings. The first-order valence-electron chi connectivity index (χ1n) is 8.29. The van der Waals surface area contributed by atoms with Crippen molar-refractivity contribution in [1.82, 2.24) is 15.6 Å². The monoisotopic (exact) mass is 426 g/mol. The molecule has 126 valence electrons. The van der Waals surface area contributed by atoms with Gasteiger partial charge in [0.05, 0.1) is 0 Å². The number of halogens is 1. The van der Waals surface area contributed by atoms with Crippen LogP contribution >= 0.6 is 24.0 Å². The summed E-state index contributed by atoms with van der Waals surface area (Å²) >= 11 is 0. The molecule has 1 aliphatic carbocycles. The van der Waals surface area contributed by atoms with E-state index in [0.717, 1.165) is 31.4 Å². The second kappa shape index (κ2) is 8.04. The largest absolute Gasteiger partial charge is 0.361 e. The predicted molar refractivity (Wildman–Crippen MR) is 109 cm³/mol. The Hall–Kier alpha value is -1.24. The second-order valence-corrected chi connectivity index (χ2v) is 6.29. The molecule has 5 heteroatoms. The summed E-state index contributed by atoms with van der Waals surface area (Å²) in [5.74, 6) is 1.73. The van der Waals surface area contributed by atoms with Gasteiger partial charge in [-0.05, 0) is 43.7 Å². The summed E-state index contributed by atoms with van der Waals surface area (Å²) in [5.41, 5.74) is 3.89. The third-order valence-electron chi connectivity index (χ3n) is 4.44. The number of para-hydroxylation sites is 1. The first-order chi connectivity index (χ1) is 10.7. The van der Waals surface area contributed by atoms with E-state index in [0.29, 0.717) is 6.04 Å². The molecule has 23 heavy (non-hydrogen) atoms. The van der Waals surface area contributed by atoms with Crippen molar-refractivity contribution in [2.75, 3.05) is 13.1 Å². The van der Waals surface area contributed by atoms with Gasteiger partial charge in [0.2, 0.25) is 0 Å². The lowest BCUT2D eigenvalue weighted by Crippen LogP contribution is -2.39. The Bertz CT molecular complexity index is 677. The smallest absolute Gasteiger partial charge is 0.191 e. The lowest BCUT2D eigenvalue weighted by molar-refractivity contribution is 0.765. The lowest BCUT2D eigenvalue weighted by Gasteiger charge is -2.10. The minimum Gasteiger partial charge on any atom is -0.361 e. The van der Waals surface area contributed by atoms with Crippen molar-refractivity contribution in [3.63, 3.8) is 0 Å². The second-order valence-electron chi connectivity index (χ2n) is 6.29. The summed E-state index contributed by atoms with van der Waals surface area (Å²) in [6.07, 6.45) is 4.34. The topological polar surface area (TPSA) is 52.2 Å². The van der Waals surface area contributed by atoms with Crippen molar-refractivity contribution in [1.29, 1.82) is 0 Å². The highest BCUT2D eigenvalue weighted by atomic mass is 127. The van der Waals surface area contributed by atoms with Crippen LogP contribution in [0, 0.1) is 12.8 Å². The van der Waals surface area contributed by atoms with Crippen LogP contribution in [0.1, 0.15) is 31.4 Å². The van der Waals surface area contributed by atoms with E-state index in [1.807, 2.05) is 0 Å². The van der Waals surface area contributed by atoms with Crippen molar-refractivity contribution in [3.8, 4) is 0 Å². The standard InChI is InChI=1S/C18H26N4.HI/c1-4-19-18(22-16-10-13(16)3)20-9-8-14-11-21-17-12(2)6-5-7-15(14)17;/h5-7,11,13,16,21H,4,8-10H2,1-3H3,(H2,19,20,22);1H. The number of guanidine groups is 1. The van der Waals surface area contributed by atoms with Gasteiger partial charge in [0.1, 0.15) is 0 Å². The Morgan fingerprint density at radius 3 is 2.87 bits per heavy atom. The minimum atomic E-state index is 0. The molecule has 0 bridgehead atoms. The van der Waals surface area contributed by atoms with Crippen molar-refractivity contribution in [3.05, 3.63) is 35.5 Å². The average molecular weight is 426 g/mol. The van der Waals surface area contributed by atoms with Gasteiger partial charge in [-0.25, -0.2) is 0 Å². The van der Waals surface area contributed by atoms with Gasteiger partial charge in [-0.1, -0.05) is 25.1 Å². The number of rotatable bonds is 5. The normalized spacial score (nSPS) is 20.2. The fourth-order valence-electron chi connectivity index (χ4n) is 2.88. The molecule has 2 unspecified atom stereocenters. The van der Waals surface area contributed by atoms with Crippen LogP contribution in [0.5, 0.6) is 0 Å². The van der Waals surface area contributed by atoms with E-state index in [2.05, 4.69) is 60.8 Å². The Labute approximate surface area is 155 Å². The van der Waals surface area contributed by atoms with Gasteiger partial charge < -0.3 is 15.6 Å². The number of aromatic amines is 1. The van der Waals surface area contributed by atoms with Crippen LogP contribution in [0.15, 0.2) is 29.4 Å². The summed E-state index contributed by atoms with van der Waals surface area (Å²) in [7, 11) is 0. The summed E-state index contributed by atoms with van der Waals surface area (Å²) < 4.78 is 0. The molecule has 1 saturated carbocycles. The number of H-pyrrole nitrogens is 1. The van der Waals surface area contributed by atoms with Crippen molar-refractivity contribution in [2.45, 2.75) is 39.7 Å². The zero-order chi connectivity index (χ0) is 15.5. The summed E-state index contributed by atoms with van der Waals surface area (Å²) in [4.78, 5) is 8.10. The first kappa shape index (κ1) is 18.1. The molecule has 3 rings (SSSR count). The third-order valence-corrected chi connectivity index (χ3v) is 4.44. The number of aliphatic imine (C=N–C) groups is 1. The molecule has 4 nitrogen and oxygen atoms in total. The third kappa shape index (κ3) is 4.40. The molecular weight excluding hydrogens is 399 g/mol. The molecule has 1 aromatic carbocycles. The van der Waals surface area contributed by atoms with Crippen LogP contribution in [0.4, 0.5) is 0 Å². The molecule has 2 aromatic rings. The van der Waals surface area contributed by atoms with Crippen molar-refractivity contribution < 1.29 is 0 Å². The molecule has 0 aliphatic heterocycles. The number of hydrogen-bond acceptors (Lipinski definition) is 1. The van der Waals surface area contributed by atoms with Gasteiger partial charge >= 0.3 is 0 Å². The Morgan fingerprint density at radius 2 is 2.17 bits per heavy atom. The van der Waals surface area contributed by atoms with Gasteiger partial charge in [-0.3, -0.25) is 4.99 Å². The van der Waals surface area contributed by atoms with E-state index in [1.54, 1.807) is 0 Å². The summed E-state index contributed by atoms with van der Waals surface area (Å²) in [6.45, 7) is 8.23. The number of nitrogens with zero attached hydrogens (tertiary/aromatic N) is 1. The average Bonchev–Trinajstić information content (AvgIpc) is 3.02. The summed E-state index contributed by atoms with van der Waals surface area (Å²) in [6, 6.07) is 7.06. The molecular formula is C18H27IN4. The maximum atomic E-state index is 4.71. The highest BCUT2D eigenvalue weighted by Gasteiger charge is 2.33. The lowest BCUT2D eigenvalue weighted by atomic mass is 10.1. The molecule has 1 heterocycles. The zero-order valence-corrected chi connectivity index (χ0v) is 16.5. The summed E-state index contributed by atoms with van der Waals surface area (Å²) in [5, 5.41) is 8.15. The van der Waals surface area contributed by atoms with Crippen LogP contribution < -0.4 is 10.6 Å². The van der Waals surface area contributed by atoms with Gasteiger partial charge in [0.25, 0.3) is 0 Å². The SMILES string of the molecule is CCNC(=NCCc1c[nH]c2c(C)cccc12)NC1CC1C.I. The molecule has 0 saturated heterocycles. The molecule has 0 amide bonds. The number of aryl methyl sites for hydroxylation is 1. The molecule has 1 aromatic heterocycles. The highest BCUT2D eigenvalue weighted by Crippen LogP contribution is 2.28. The highest BCUT2D eigenvalue weighted by molar-refractivity contribution is 14.0. The quantitative estimate of drug-likeness (QED) is 0.389. The van der Waals surface area contributed by atoms with E-state index < -0.39 is 0 Å². The van der Waals surface area contributed by atoms with E-state index in [1.165, 1.54) is 28.5 Å². The van der Waals surface area contributed by atoms with Crippen LogP contribution in [-0.2, 0) is 6.42 Å². The molecule has 0 spiro atoms. The van der Waals surface area contributed by atoms with E-state index >= 15 is 0 Å². The fourth-order valence-corrected chi connectivity index (χ4v) is 2.88. The van der Waals surface area contributed by atoms with Gasteiger partial charge in [-0.15, -0.1) is 24.0 Å². The number of nitrogens with one attached hydrogen (secondary N) is 3. The van der Waals surface area contributed by atoms with Gasteiger partial charge in [0, 0.05) is 36.2 Å². The Morgan fingerprint density at radius 1 is 1.39 bits per heavy atom. The predicted octanol–water partition coefficient (Wildman–Crippen LogP) is 3.60. The van der Waals surface area contributed by atoms with E-state index in [-0.39, 0.29) is 24.0 Å². The Kier molecular flexibility index (Phi) is 6.33. The van der Waals surface area contributed by atoms with Crippen molar-refractivity contribution >= 4 is 40.8 Å². The first-order valence-corrected chi connectivity index (χ1v) is 8.29. The maximum Gasteiger partial charge on any atom is 0.191 e. The zero-order valence-electron chi connectivity index (χ0n) is 14.1. The van der Waals surface area contributed by atoms with Crippen LogP contribution in [0.2, 0.25) is 0 Å². The van der Waals surface area contributed by atoms with Gasteiger partial charge in [0.15, 0.2) is 5.96 Å². The molecule has 0 radical (unpaired) electrons. The fraction of sp³-hybridized carbons (Fsp3) is 0.500. The molecule has 2 atom stereocenters. The number of aromatic nitrogens is 1. The molecule has 3 N–H and O–H groups in total. The number of benzene rings is 1. The maximum absolute atomic E-state index is 4.71. The van der Waals surface area contributed by atoms with Gasteiger partial charge in [-0.2, -0.15) is 0 Å². The van der Waals surface area contributed by atoms with Crippen molar-refractivity contribution in [2.24, 2.45) is 10.9 Å². The molecule has 1 aliphatic rings. The number of hydrogen-bond donors (Lipinski definition) is 3. The van der Waals surface area contributed by atoms with Crippen LogP contribution in [-0.4, -0.2) is 30.1 Å². The van der Waals surface area contributed by atoms with E-state index in [4.69, 9.17) is 4.99 Å². The van der Waals surface area contributed by atoms with Crippen LogP contribution in [0.25, 0.3) is 10.9 Å².